The minimum Gasteiger partial charge on any atom is -0.325 e. The van der Waals surface area contributed by atoms with E-state index in [2.05, 4.69) is 10.3 Å². The van der Waals surface area contributed by atoms with Gasteiger partial charge in [-0.05, 0) is 30.5 Å². The van der Waals surface area contributed by atoms with E-state index in [4.69, 9.17) is 0 Å². The zero-order valence-corrected chi connectivity index (χ0v) is 19.4. The van der Waals surface area contributed by atoms with Crippen molar-refractivity contribution in [3.8, 4) is 0 Å². The Labute approximate surface area is 190 Å². The van der Waals surface area contributed by atoms with Crippen LogP contribution in [0.4, 0.5) is 11.4 Å². The summed E-state index contributed by atoms with van der Waals surface area (Å²) in [6.45, 7) is 6.09. The number of aromatic nitrogens is 3. The van der Waals surface area contributed by atoms with Gasteiger partial charge in [-0.25, -0.2) is 9.78 Å². The number of carbonyl (C=O) groups excluding carboxylic acids is 2. The van der Waals surface area contributed by atoms with E-state index in [0.717, 1.165) is 15.8 Å². The lowest BCUT2D eigenvalue weighted by Crippen LogP contribution is -2.38. The standard InChI is InChI=1S/C24H27N5O4/c1-13(2)17-11-25-21-19(23(32)28(5)24(33)27(21)4)20(17)26-22(31)15-10-18(30)29(12-15)16-8-6-14(3)7-9-16/h6-9,11,13,15H,10,12H2,1-5H3,(H,25,26,31). The second-order valence-electron chi connectivity index (χ2n) is 8.88. The Morgan fingerprint density at radius 1 is 1.09 bits per heavy atom. The van der Waals surface area contributed by atoms with Gasteiger partial charge in [0, 0.05) is 38.9 Å². The Balaban J connectivity index is 1.73. The van der Waals surface area contributed by atoms with Gasteiger partial charge in [0.15, 0.2) is 5.65 Å². The SMILES string of the molecule is Cc1ccc(N2CC(C(=O)Nc3c(C(C)C)cnc4c3c(=O)n(C)c(=O)n4C)CC2=O)cc1. The first kappa shape index (κ1) is 22.4. The molecule has 2 amide bonds. The largest absolute Gasteiger partial charge is 0.332 e. The Bertz CT molecular complexity index is 1390. The van der Waals surface area contributed by atoms with Crippen molar-refractivity contribution in [2.75, 3.05) is 16.8 Å². The Morgan fingerprint density at radius 2 is 1.76 bits per heavy atom. The van der Waals surface area contributed by atoms with E-state index in [1.807, 2.05) is 45.0 Å². The number of amides is 2. The quantitative estimate of drug-likeness (QED) is 0.656. The molecule has 0 radical (unpaired) electrons. The first-order chi connectivity index (χ1) is 15.6. The second-order valence-corrected chi connectivity index (χ2v) is 8.88. The fourth-order valence-electron chi connectivity index (χ4n) is 4.20. The van der Waals surface area contributed by atoms with Crippen molar-refractivity contribution in [1.29, 1.82) is 0 Å². The van der Waals surface area contributed by atoms with Gasteiger partial charge in [0.1, 0.15) is 5.39 Å². The number of anilines is 2. The monoisotopic (exact) mass is 449 g/mol. The molecule has 33 heavy (non-hydrogen) atoms. The lowest BCUT2D eigenvalue weighted by atomic mass is 10.0. The smallest absolute Gasteiger partial charge is 0.325 e. The Morgan fingerprint density at radius 3 is 2.39 bits per heavy atom. The van der Waals surface area contributed by atoms with E-state index in [1.165, 1.54) is 18.7 Å². The van der Waals surface area contributed by atoms with Gasteiger partial charge in [-0.2, -0.15) is 0 Å². The maximum atomic E-state index is 13.3. The van der Waals surface area contributed by atoms with Gasteiger partial charge < -0.3 is 10.2 Å². The Kier molecular flexibility index (Phi) is 5.65. The van der Waals surface area contributed by atoms with Crippen LogP contribution in [-0.4, -0.2) is 32.5 Å². The number of fused-ring (bicyclic) bond motifs is 1. The molecule has 0 saturated carbocycles. The summed E-state index contributed by atoms with van der Waals surface area (Å²) >= 11 is 0. The summed E-state index contributed by atoms with van der Waals surface area (Å²) in [5, 5.41) is 3.09. The molecule has 1 atom stereocenters. The second kappa shape index (κ2) is 8.31. The number of carbonyl (C=O) groups is 2. The molecule has 3 aromatic rings. The molecule has 4 rings (SSSR count). The zero-order chi connectivity index (χ0) is 24.0. The average Bonchev–Trinajstić information content (AvgIpc) is 3.18. The molecule has 1 aromatic carbocycles. The van der Waals surface area contributed by atoms with Gasteiger partial charge in [0.2, 0.25) is 11.8 Å². The van der Waals surface area contributed by atoms with Crippen LogP contribution in [-0.2, 0) is 23.7 Å². The number of nitrogens with zero attached hydrogens (tertiary/aromatic N) is 4. The molecule has 0 spiro atoms. The highest BCUT2D eigenvalue weighted by Gasteiger charge is 2.36. The first-order valence-corrected chi connectivity index (χ1v) is 10.9. The molecule has 1 fully saturated rings. The molecule has 3 heterocycles. The minimum atomic E-state index is -0.571. The van der Waals surface area contributed by atoms with Crippen molar-refractivity contribution in [3.05, 3.63) is 62.4 Å². The number of rotatable bonds is 4. The summed E-state index contributed by atoms with van der Waals surface area (Å²) in [4.78, 5) is 57.2. The van der Waals surface area contributed by atoms with E-state index in [-0.39, 0.29) is 41.7 Å². The number of aryl methyl sites for hydroxylation is 2. The molecule has 1 saturated heterocycles. The third kappa shape index (κ3) is 3.83. The molecule has 172 valence electrons. The lowest BCUT2D eigenvalue weighted by molar-refractivity contribution is -0.122. The zero-order valence-electron chi connectivity index (χ0n) is 19.4. The van der Waals surface area contributed by atoms with Gasteiger partial charge in [0.25, 0.3) is 5.56 Å². The highest BCUT2D eigenvalue weighted by molar-refractivity contribution is 6.06. The van der Waals surface area contributed by atoms with Crippen molar-refractivity contribution in [2.24, 2.45) is 20.0 Å². The van der Waals surface area contributed by atoms with Gasteiger partial charge in [-0.15, -0.1) is 0 Å². The fraction of sp³-hybridized carbons (Fsp3) is 0.375. The van der Waals surface area contributed by atoms with E-state index in [1.54, 1.807) is 11.1 Å². The van der Waals surface area contributed by atoms with Gasteiger partial charge in [-0.1, -0.05) is 31.5 Å². The Hall–Kier alpha value is -3.75. The summed E-state index contributed by atoms with van der Waals surface area (Å²) in [6, 6.07) is 7.58. The molecule has 1 aliphatic heterocycles. The fourth-order valence-corrected chi connectivity index (χ4v) is 4.20. The molecule has 0 aliphatic carbocycles. The molecule has 9 heteroatoms. The van der Waals surface area contributed by atoms with Crippen LogP contribution in [0.2, 0.25) is 0 Å². The molecular weight excluding hydrogens is 422 g/mol. The van der Waals surface area contributed by atoms with E-state index in [0.29, 0.717) is 11.3 Å². The van der Waals surface area contributed by atoms with Crippen LogP contribution >= 0.6 is 0 Å². The molecule has 2 aromatic heterocycles. The van der Waals surface area contributed by atoms with Crippen molar-refractivity contribution >= 4 is 34.2 Å². The van der Waals surface area contributed by atoms with Gasteiger partial charge >= 0.3 is 5.69 Å². The van der Waals surface area contributed by atoms with Crippen molar-refractivity contribution in [1.82, 2.24) is 14.1 Å². The first-order valence-electron chi connectivity index (χ1n) is 10.9. The number of hydrogen-bond donors (Lipinski definition) is 1. The van der Waals surface area contributed by atoms with Crippen molar-refractivity contribution in [3.63, 3.8) is 0 Å². The predicted octanol–water partition coefficient (Wildman–Crippen LogP) is 2.06. The number of pyridine rings is 1. The predicted molar refractivity (Wildman–Crippen MR) is 127 cm³/mol. The lowest BCUT2D eigenvalue weighted by Gasteiger charge is -2.19. The molecular formula is C24H27N5O4. The summed E-state index contributed by atoms with van der Waals surface area (Å²) in [6.07, 6.45) is 1.66. The maximum Gasteiger partial charge on any atom is 0.332 e. The number of nitrogens with one attached hydrogen (secondary N) is 1. The highest BCUT2D eigenvalue weighted by atomic mass is 16.2. The maximum absolute atomic E-state index is 13.3. The van der Waals surface area contributed by atoms with Crippen LogP contribution in [0.5, 0.6) is 0 Å². The van der Waals surface area contributed by atoms with Crippen molar-refractivity contribution < 1.29 is 9.59 Å². The highest BCUT2D eigenvalue weighted by Crippen LogP contribution is 2.31. The van der Waals surface area contributed by atoms with E-state index >= 15 is 0 Å². The molecule has 1 N–H and O–H groups in total. The van der Waals surface area contributed by atoms with Gasteiger partial charge in [0.05, 0.1) is 11.6 Å². The summed E-state index contributed by atoms with van der Waals surface area (Å²) in [7, 11) is 2.93. The summed E-state index contributed by atoms with van der Waals surface area (Å²) < 4.78 is 2.29. The van der Waals surface area contributed by atoms with Crippen LogP contribution in [0.1, 0.15) is 37.3 Å². The summed E-state index contributed by atoms with van der Waals surface area (Å²) in [5.41, 5.74) is 2.05. The van der Waals surface area contributed by atoms with Crippen LogP contribution in [0.25, 0.3) is 11.0 Å². The van der Waals surface area contributed by atoms with Crippen LogP contribution in [0, 0.1) is 12.8 Å². The molecule has 0 bridgehead atoms. The minimum absolute atomic E-state index is 0.0339. The molecule has 9 nitrogen and oxygen atoms in total. The number of hydrogen-bond acceptors (Lipinski definition) is 5. The summed E-state index contributed by atoms with van der Waals surface area (Å²) in [5.74, 6) is -1.07. The van der Waals surface area contributed by atoms with Crippen LogP contribution in [0.15, 0.2) is 40.1 Å². The third-order valence-corrected chi connectivity index (χ3v) is 6.21. The van der Waals surface area contributed by atoms with E-state index < -0.39 is 17.2 Å². The topological polar surface area (TPSA) is 106 Å². The average molecular weight is 450 g/mol. The van der Waals surface area contributed by atoms with E-state index in [9.17, 15) is 19.2 Å². The van der Waals surface area contributed by atoms with Gasteiger partial charge in [-0.3, -0.25) is 23.5 Å². The van der Waals surface area contributed by atoms with Crippen molar-refractivity contribution in [2.45, 2.75) is 33.1 Å². The molecule has 1 unspecified atom stereocenters. The number of benzene rings is 1. The third-order valence-electron chi connectivity index (χ3n) is 6.21. The normalized spacial score (nSPS) is 16.1. The van der Waals surface area contributed by atoms with Crippen LogP contribution in [0.3, 0.4) is 0 Å². The molecule has 1 aliphatic rings. The van der Waals surface area contributed by atoms with Crippen LogP contribution < -0.4 is 21.5 Å².